The molecule has 1 aromatic heterocycles. The van der Waals surface area contributed by atoms with E-state index >= 15 is 0 Å². The average molecular weight is 265 g/mol. The lowest BCUT2D eigenvalue weighted by atomic mass is 10.2. The predicted octanol–water partition coefficient (Wildman–Crippen LogP) is 2.75. The molecule has 0 aliphatic heterocycles. The Morgan fingerprint density at radius 1 is 1.56 bits per heavy atom. The summed E-state index contributed by atoms with van der Waals surface area (Å²) in [6.07, 6.45) is 6.10. The van der Waals surface area contributed by atoms with E-state index in [4.69, 9.17) is 5.11 Å². The third kappa shape index (κ3) is 3.21. The molecule has 0 amide bonds. The van der Waals surface area contributed by atoms with E-state index in [0.717, 1.165) is 6.54 Å². The van der Waals surface area contributed by atoms with E-state index in [9.17, 15) is 4.79 Å². The zero-order valence-corrected chi connectivity index (χ0v) is 11.5. The van der Waals surface area contributed by atoms with Crippen molar-refractivity contribution in [2.45, 2.75) is 39.2 Å². The van der Waals surface area contributed by atoms with Crippen molar-refractivity contribution in [3.05, 3.63) is 33.0 Å². The molecular formula is C14H19NO2S. The number of fused-ring (bicyclic) bond motifs is 1. The van der Waals surface area contributed by atoms with Crippen LogP contribution in [0.5, 0.6) is 0 Å². The number of thiophene rings is 1. The van der Waals surface area contributed by atoms with Crippen LogP contribution in [0.2, 0.25) is 0 Å². The molecule has 0 bridgehead atoms. The Labute approximate surface area is 112 Å². The second-order valence-corrected chi connectivity index (χ2v) is 5.75. The molecule has 1 heterocycles. The van der Waals surface area contributed by atoms with Gasteiger partial charge in [0.05, 0.1) is 0 Å². The van der Waals surface area contributed by atoms with Crippen LogP contribution in [0, 0.1) is 0 Å². The molecule has 0 saturated carbocycles. The molecule has 3 nitrogen and oxygen atoms in total. The van der Waals surface area contributed by atoms with Gasteiger partial charge in [0, 0.05) is 28.4 Å². The lowest BCUT2D eigenvalue weighted by Gasteiger charge is -2.01. The van der Waals surface area contributed by atoms with Crippen molar-refractivity contribution in [2.24, 2.45) is 0 Å². The summed E-state index contributed by atoms with van der Waals surface area (Å²) >= 11 is 1.89. The lowest BCUT2D eigenvalue weighted by Crippen LogP contribution is -2.13. The Balaban J connectivity index is 1.80. The highest BCUT2D eigenvalue weighted by Gasteiger charge is 2.14. The number of hydrogen-bond donors (Lipinski definition) is 2. The van der Waals surface area contributed by atoms with Crippen LogP contribution >= 0.6 is 11.3 Å². The van der Waals surface area contributed by atoms with Crippen LogP contribution in [0.25, 0.3) is 0 Å². The van der Waals surface area contributed by atoms with Crippen LogP contribution in [0.1, 0.15) is 35.1 Å². The van der Waals surface area contributed by atoms with Gasteiger partial charge >= 0.3 is 5.97 Å². The molecular weight excluding hydrogens is 246 g/mol. The van der Waals surface area contributed by atoms with Gasteiger partial charge in [-0.1, -0.05) is 13.0 Å². The first-order valence-electron chi connectivity index (χ1n) is 6.44. The molecule has 2 rings (SSSR count). The first-order chi connectivity index (χ1) is 8.70. The van der Waals surface area contributed by atoms with E-state index in [0.29, 0.717) is 18.5 Å². The molecule has 0 fully saturated rings. The Hall–Kier alpha value is -1.13. The largest absolute Gasteiger partial charge is 0.478 e. The zero-order valence-electron chi connectivity index (χ0n) is 10.7. The molecule has 1 aliphatic rings. The van der Waals surface area contributed by atoms with E-state index < -0.39 is 5.97 Å². The number of carboxylic acids is 1. The first-order valence-corrected chi connectivity index (χ1v) is 7.26. The van der Waals surface area contributed by atoms with Crippen molar-refractivity contribution in [1.82, 2.24) is 5.32 Å². The van der Waals surface area contributed by atoms with Gasteiger partial charge in [0.15, 0.2) is 0 Å². The average Bonchev–Trinajstić information content (AvgIpc) is 2.88. The van der Waals surface area contributed by atoms with Crippen LogP contribution in [0.3, 0.4) is 0 Å². The Morgan fingerprint density at radius 3 is 3.06 bits per heavy atom. The van der Waals surface area contributed by atoms with Crippen LogP contribution in [-0.2, 0) is 24.2 Å². The summed E-state index contributed by atoms with van der Waals surface area (Å²) in [7, 11) is 0. The summed E-state index contributed by atoms with van der Waals surface area (Å²) in [4.78, 5) is 13.7. The van der Waals surface area contributed by atoms with E-state index in [1.54, 1.807) is 11.0 Å². The molecule has 18 heavy (non-hydrogen) atoms. The number of aryl methyl sites for hydroxylation is 2. The standard InChI is InChI=1S/C14H19NO2S/c1-2-10(14(16)17)6-7-15-9-12-8-11-4-3-5-13(11)18-12/h6,8,15H,2-5,7,9H2,1H3,(H,16,17). The number of carbonyl (C=O) groups is 1. The van der Waals surface area contributed by atoms with Crippen molar-refractivity contribution in [2.75, 3.05) is 6.54 Å². The molecule has 0 spiro atoms. The fraction of sp³-hybridized carbons (Fsp3) is 0.500. The van der Waals surface area contributed by atoms with Crippen LogP contribution in [0.4, 0.5) is 0 Å². The summed E-state index contributed by atoms with van der Waals surface area (Å²) in [6, 6.07) is 2.29. The molecule has 0 saturated heterocycles. The second kappa shape index (κ2) is 6.16. The van der Waals surface area contributed by atoms with Crippen molar-refractivity contribution in [3.8, 4) is 0 Å². The predicted molar refractivity (Wildman–Crippen MR) is 74.1 cm³/mol. The van der Waals surface area contributed by atoms with Gasteiger partial charge in [-0.15, -0.1) is 11.3 Å². The second-order valence-electron chi connectivity index (χ2n) is 4.53. The summed E-state index contributed by atoms with van der Waals surface area (Å²) < 4.78 is 0. The molecule has 0 unspecified atom stereocenters. The molecule has 4 heteroatoms. The van der Waals surface area contributed by atoms with Gasteiger partial charge in [0.1, 0.15) is 0 Å². The van der Waals surface area contributed by atoms with Crippen LogP contribution in [-0.4, -0.2) is 17.6 Å². The number of rotatable bonds is 6. The fourth-order valence-corrected chi connectivity index (χ4v) is 3.48. The zero-order chi connectivity index (χ0) is 13.0. The maximum Gasteiger partial charge on any atom is 0.331 e. The Kier molecular flexibility index (Phi) is 4.55. The topological polar surface area (TPSA) is 49.3 Å². The minimum Gasteiger partial charge on any atom is -0.478 e. The van der Waals surface area contributed by atoms with Gasteiger partial charge in [-0.05, 0) is 37.3 Å². The molecule has 0 radical (unpaired) electrons. The third-order valence-corrected chi connectivity index (χ3v) is 4.48. The number of nitrogens with one attached hydrogen (secondary N) is 1. The normalized spacial score (nSPS) is 14.8. The third-order valence-electron chi connectivity index (χ3n) is 3.25. The maximum absolute atomic E-state index is 10.8. The molecule has 98 valence electrons. The molecule has 1 aliphatic carbocycles. The van der Waals surface area contributed by atoms with Crippen molar-refractivity contribution in [1.29, 1.82) is 0 Å². The number of hydrogen-bond acceptors (Lipinski definition) is 3. The minimum atomic E-state index is -0.811. The lowest BCUT2D eigenvalue weighted by molar-refractivity contribution is -0.132. The maximum atomic E-state index is 10.8. The quantitative estimate of drug-likeness (QED) is 0.614. The van der Waals surface area contributed by atoms with Gasteiger partial charge in [-0.25, -0.2) is 4.79 Å². The summed E-state index contributed by atoms with van der Waals surface area (Å²) in [5.41, 5.74) is 2.00. The molecule has 0 aromatic carbocycles. The minimum absolute atomic E-state index is 0.483. The van der Waals surface area contributed by atoms with Crippen molar-refractivity contribution < 1.29 is 9.90 Å². The monoisotopic (exact) mass is 265 g/mol. The SMILES string of the molecule is CCC(=CCNCc1cc2c(s1)CCC2)C(=O)O. The molecule has 0 atom stereocenters. The molecule has 2 N–H and O–H groups in total. The smallest absolute Gasteiger partial charge is 0.331 e. The highest BCUT2D eigenvalue weighted by molar-refractivity contribution is 7.12. The highest BCUT2D eigenvalue weighted by atomic mass is 32.1. The van der Waals surface area contributed by atoms with Gasteiger partial charge in [0.2, 0.25) is 0 Å². The highest BCUT2D eigenvalue weighted by Crippen LogP contribution is 2.30. The summed E-state index contributed by atoms with van der Waals surface area (Å²) in [5, 5.41) is 12.2. The van der Waals surface area contributed by atoms with E-state index in [1.807, 2.05) is 18.3 Å². The van der Waals surface area contributed by atoms with Crippen molar-refractivity contribution >= 4 is 17.3 Å². The van der Waals surface area contributed by atoms with Crippen molar-refractivity contribution in [3.63, 3.8) is 0 Å². The van der Waals surface area contributed by atoms with E-state index in [-0.39, 0.29) is 0 Å². The number of carboxylic acid groups (broad SMARTS) is 1. The Bertz CT molecular complexity index is 441. The van der Waals surface area contributed by atoms with Gasteiger partial charge in [0.25, 0.3) is 0 Å². The van der Waals surface area contributed by atoms with Gasteiger partial charge < -0.3 is 10.4 Å². The number of aliphatic carboxylic acids is 1. The Morgan fingerprint density at radius 2 is 2.39 bits per heavy atom. The van der Waals surface area contributed by atoms with Gasteiger partial charge in [-0.2, -0.15) is 0 Å². The summed E-state index contributed by atoms with van der Waals surface area (Å²) in [5.74, 6) is -0.811. The van der Waals surface area contributed by atoms with E-state index in [2.05, 4.69) is 11.4 Å². The van der Waals surface area contributed by atoms with Crippen LogP contribution < -0.4 is 5.32 Å². The fourth-order valence-electron chi connectivity index (χ4n) is 2.25. The molecule has 1 aromatic rings. The first kappa shape index (κ1) is 13.3. The van der Waals surface area contributed by atoms with Crippen LogP contribution in [0.15, 0.2) is 17.7 Å². The van der Waals surface area contributed by atoms with Gasteiger partial charge in [-0.3, -0.25) is 0 Å². The summed E-state index contributed by atoms with van der Waals surface area (Å²) in [6.45, 7) is 3.33. The van der Waals surface area contributed by atoms with E-state index in [1.165, 1.54) is 29.7 Å².